The molecule has 0 bridgehead atoms. The van der Waals surface area contributed by atoms with Gasteiger partial charge in [0.1, 0.15) is 0 Å². The summed E-state index contributed by atoms with van der Waals surface area (Å²) in [4.78, 5) is 26.7. The van der Waals surface area contributed by atoms with Crippen LogP contribution in [0.1, 0.15) is 79.2 Å². The quantitative estimate of drug-likeness (QED) is 0.717. The zero-order valence-corrected chi connectivity index (χ0v) is 18.1. The third-order valence-corrected chi connectivity index (χ3v) is 6.39. The molecule has 0 radical (unpaired) electrons. The Hall–Kier alpha value is -2.04. The van der Waals surface area contributed by atoms with Gasteiger partial charge in [0.15, 0.2) is 0 Å². The molecule has 154 valence electrons. The van der Waals surface area contributed by atoms with E-state index in [4.69, 9.17) is 4.74 Å². The number of hydrogen-bond acceptors (Lipinski definition) is 3. The Balaban J connectivity index is 1.94. The van der Waals surface area contributed by atoms with Crippen LogP contribution in [-0.4, -0.2) is 24.1 Å². The molecule has 1 fully saturated rings. The maximum Gasteiger partial charge on any atom is 0.411 e. The minimum Gasteiger partial charge on any atom is -0.449 e. The molecule has 1 aromatic rings. The zero-order chi connectivity index (χ0) is 20.7. The Morgan fingerprint density at radius 2 is 1.79 bits per heavy atom. The lowest BCUT2D eigenvalue weighted by Crippen LogP contribution is -2.56. The van der Waals surface area contributed by atoms with Crippen LogP contribution in [0.15, 0.2) is 18.2 Å². The van der Waals surface area contributed by atoms with Gasteiger partial charge in [-0.2, -0.15) is 0 Å². The monoisotopic (exact) mass is 386 g/mol. The van der Waals surface area contributed by atoms with Gasteiger partial charge in [-0.1, -0.05) is 40.0 Å². The highest BCUT2D eigenvalue weighted by Gasteiger charge is 2.57. The number of amides is 2. The second-order valence-electron chi connectivity index (χ2n) is 10.0. The molecular weight excluding hydrogens is 352 g/mol. The van der Waals surface area contributed by atoms with Crippen molar-refractivity contribution in [3.8, 4) is 0 Å². The first-order valence-corrected chi connectivity index (χ1v) is 10.4. The summed E-state index contributed by atoms with van der Waals surface area (Å²) < 4.78 is 5.35. The van der Waals surface area contributed by atoms with Gasteiger partial charge in [0, 0.05) is 23.7 Å². The first-order chi connectivity index (χ1) is 13.0. The minimum atomic E-state index is -0.437. The molecule has 1 spiro atoms. The highest BCUT2D eigenvalue weighted by atomic mass is 16.5. The van der Waals surface area contributed by atoms with Crippen LogP contribution in [0.5, 0.6) is 0 Å². The fraction of sp³-hybridized carbons (Fsp3) is 0.652. The van der Waals surface area contributed by atoms with E-state index < -0.39 is 6.09 Å². The van der Waals surface area contributed by atoms with Crippen LogP contribution < -0.4 is 10.2 Å². The second kappa shape index (κ2) is 7.09. The summed E-state index contributed by atoms with van der Waals surface area (Å²) in [5.74, 6) is 0.0685. The Morgan fingerprint density at radius 3 is 2.36 bits per heavy atom. The molecule has 1 aromatic carbocycles. The lowest BCUT2D eigenvalue weighted by molar-refractivity contribution is -0.118. The van der Waals surface area contributed by atoms with Crippen LogP contribution in [0.25, 0.3) is 0 Å². The number of nitrogens with zero attached hydrogens (tertiary/aromatic N) is 1. The summed E-state index contributed by atoms with van der Waals surface area (Å²) in [5, 5.41) is 2.87. The average molecular weight is 387 g/mol. The fourth-order valence-corrected chi connectivity index (χ4v) is 5.07. The highest BCUT2D eigenvalue weighted by molar-refractivity contribution is 5.97. The summed E-state index contributed by atoms with van der Waals surface area (Å²) >= 11 is 0. The third-order valence-electron chi connectivity index (χ3n) is 6.39. The molecular formula is C23H34N2O3. The molecule has 5 nitrogen and oxygen atoms in total. The highest BCUT2D eigenvalue weighted by Crippen LogP contribution is 2.58. The van der Waals surface area contributed by atoms with Gasteiger partial charge in [0.25, 0.3) is 0 Å². The molecule has 0 saturated heterocycles. The van der Waals surface area contributed by atoms with E-state index in [1.54, 1.807) is 6.92 Å². The lowest BCUT2D eigenvalue weighted by Gasteiger charge is -2.47. The van der Waals surface area contributed by atoms with Gasteiger partial charge < -0.3 is 9.64 Å². The van der Waals surface area contributed by atoms with Gasteiger partial charge >= 0.3 is 6.09 Å². The molecule has 2 amide bonds. The molecule has 1 aliphatic heterocycles. The molecule has 1 aliphatic carbocycles. The van der Waals surface area contributed by atoms with E-state index in [-0.39, 0.29) is 22.3 Å². The van der Waals surface area contributed by atoms with E-state index in [9.17, 15) is 9.59 Å². The number of anilines is 2. The summed E-state index contributed by atoms with van der Waals surface area (Å²) in [6.45, 7) is 12.5. The van der Waals surface area contributed by atoms with Crippen LogP contribution >= 0.6 is 0 Å². The molecule has 1 saturated carbocycles. The van der Waals surface area contributed by atoms with Gasteiger partial charge in [-0.15, -0.1) is 0 Å². The molecule has 0 aromatic heterocycles. The SMILES string of the molecule is CC(=O)N1c2ccc(NC(=O)OCC(C)(C)C)cc2C2(CCCCC2)C1(C)C. The van der Waals surface area contributed by atoms with Crippen LogP contribution in [-0.2, 0) is 14.9 Å². The molecule has 0 atom stereocenters. The maximum atomic E-state index is 12.5. The Labute approximate surface area is 168 Å². The largest absolute Gasteiger partial charge is 0.449 e. The number of hydrogen-bond donors (Lipinski definition) is 1. The molecule has 28 heavy (non-hydrogen) atoms. The first kappa shape index (κ1) is 20.7. The van der Waals surface area contributed by atoms with Crippen LogP contribution in [0.3, 0.4) is 0 Å². The molecule has 1 N–H and O–H groups in total. The average Bonchev–Trinajstić information content (AvgIpc) is 2.78. The van der Waals surface area contributed by atoms with E-state index >= 15 is 0 Å². The van der Waals surface area contributed by atoms with Crippen molar-refractivity contribution in [1.29, 1.82) is 0 Å². The smallest absolute Gasteiger partial charge is 0.411 e. The second-order valence-corrected chi connectivity index (χ2v) is 10.0. The van der Waals surface area contributed by atoms with E-state index in [2.05, 4.69) is 25.2 Å². The molecule has 3 rings (SSSR count). The van der Waals surface area contributed by atoms with Crippen molar-refractivity contribution in [3.63, 3.8) is 0 Å². The van der Waals surface area contributed by atoms with Crippen molar-refractivity contribution in [2.24, 2.45) is 5.41 Å². The third kappa shape index (κ3) is 3.51. The number of carbonyl (C=O) groups excluding carboxylic acids is 2. The van der Waals surface area contributed by atoms with Crippen molar-refractivity contribution < 1.29 is 14.3 Å². The minimum absolute atomic E-state index is 0.0685. The predicted molar refractivity (Wildman–Crippen MR) is 113 cm³/mol. The van der Waals surface area contributed by atoms with Gasteiger partial charge in [0.05, 0.1) is 12.1 Å². The van der Waals surface area contributed by atoms with E-state index in [1.807, 2.05) is 37.8 Å². The predicted octanol–water partition coefficient (Wildman–Crippen LogP) is 5.63. The first-order valence-electron chi connectivity index (χ1n) is 10.4. The fourth-order valence-electron chi connectivity index (χ4n) is 5.07. The number of fused-ring (bicyclic) bond motifs is 2. The maximum absolute atomic E-state index is 12.5. The van der Waals surface area contributed by atoms with E-state index in [0.717, 1.165) is 24.2 Å². The number of benzene rings is 1. The Morgan fingerprint density at radius 1 is 1.14 bits per heavy atom. The zero-order valence-electron chi connectivity index (χ0n) is 18.1. The normalized spacial score (nSPS) is 20.0. The van der Waals surface area contributed by atoms with Crippen molar-refractivity contribution in [3.05, 3.63) is 23.8 Å². The molecule has 1 heterocycles. The van der Waals surface area contributed by atoms with E-state index in [0.29, 0.717) is 6.61 Å². The van der Waals surface area contributed by atoms with Crippen LogP contribution in [0.4, 0.5) is 16.2 Å². The molecule has 0 unspecified atom stereocenters. The Bertz CT molecular complexity index is 771. The van der Waals surface area contributed by atoms with Crippen molar-refractivity contribution in [2.45, 2.75) is 84.6 Å². The van der Waals surface area contributed by atoms with Crippen molar-refractivity contribution in [1.82, 2.24) is 0 Å². The van der Waals surface area contributed by atoms with Gasteiger partial charge in [-0.25, -0.2) is 4.79 Å². The molecule has 2 aliphatic rings. The van der Waals surface area contributed by atoms with E-state index in [1.165, 1.54) is 24.8 Å². The summed E-state index contributed by atoms with van der Waals surface area (Å²) in [6, 6.07) is 5.90. The van der Waals surface area contributed by atoms with Gasteiger partial charge in [-0.3, -0.25) is 10.1 Å². The van der Waals surface area contributed by atoms with Gasteiger partial charge in [-0.05, 0) is 55.9 Å². The Kier molecular flexibility index (Phi) is 5.24. The topological polar surface area (TPSA) is 58.6 Å². The van der Waals surface area contributed by atoms with Gasteiger partial charge in [0.2, 0.25) is 5.91 Å². The number of rotatable bonds is 2. The summed E-state index contributed by atoms with van der Waals surface area (Å²) in [7, 11) is 0. The summed E-state index contributed by atoms with van der Waals surface area (Å²) in [5.41, 5.74) is 2.46. The van der Waals surface area contributed by atoms with Crippen LogP contribution in [0, 0.1) is 5.41 Å². The van der Waals surface area contributed by atoms with Crippen molar-refractivity contribution >= 4 is 23.4 Å². The number of nitrogens with one attached hydrogen (secondary N) is 1. The van der Waals surface area contributed by atoms with Crippen LogP contribution in [0.2, 0.25) is 0 Å². The summed E-state index contributed by atoms with van der Waals surface area (Å²) in [6.07, 6.45) is 5.27. The lowest BCUT2D eigenvalue weighted by atomic mass is 9.61. The van der Waals surface area contributed by atoms with Crippen molar-refractivity contribution in [2.75, 3.05) is 16.8 Å². The standard InChI is InChI=1S/C23H34N2O3/c1-16(26)25-19-11-10-17(24-20(27)28-15-21(2,3)4)14-18(19)23(22(25,5)6)12-8-7-9-13-23/h10-11,14H,7-9,12-13,15H2,1-6H3,(H,24,27). The molecule has 5 heteroatoms. The number of ether oxygens (including phenoxy) is 1. The number of carbonyl (C=O) groups is 2.